The van der Waals surface area contributed by atoms with Crippen molar-refractivity contribution in [2.75, 3.05) is 49.5 Å². The van der Waals surface area contributed by atoms with Gasteiger partial charge in [0.05, 0.1) is 18.2 Å². The summed E-state index contributed by atoms with van der Waals surface area (Å²) in [4.78, 5) is 20.5. The molecule has 2 heterocycles. The smallest absolute Gasteiger partial charge is 0.335 e. The summed E-state index contributed by atoms with van der Waals surface area (Å²) >= 11 is 0. The Kier molecular flexibility index (Phi) is 6.66. The van der Waals surface area contributed by atoms with E-state index in [9.17, 15) is 14.3 Å². The minimum Gasteiger partial charge on any atom is -0.478 e. The molecule has 0 saturated carbocycles. The number of hydrogen-bond acceptors (Lipinski definition) is 4. The third-order valence-electron chi connectivity index (χ3n) is 5.61. The number of nitrogens with one attached hydrogen (secondary N) is 1. The molecule has 1 unspecified atom stereocenters. The monoisotopic (exact) mass is 426 g/mol. The van der Waals surface area contributed by atoms with Gasteiger partial charge in [0.25, 0.3) is 0 Å². The molecule has 2 N–H and O–H groups in total. The second-order valence-corrected chi connectivity index (χ2v) is 7.76. The molecule has 164 valence electrons. The van der Waals surface area contributed by atoms with Crippen LogP contribution in [0.15, 0.2) is 53.5 Å². The van der Waals surface area contributed by atoms with Gasteiger partial charge in [-0.15, -0.1) is 0 Å². The van der Waals surface area contributed by atoms with Gasteiger partial charge in [-0.05, 0) is 55.3 Å². The molecule has 2 aromatic rings. The molecule has 0 aromatic heterocycles. The molecule has 0 spiro atoms. The van der Waals surface area contributed by atoms with Gasteiger partial charge in [0.2, 0.25) is 0 Å². The van der Waals surface area contributed by atoms with Crippen LogP contribution in [-0.4, -0.2) is 67.4 Å². The standard InChI is InChI=1S/C23H27FN4O3/c24-18-6-8-20(9-7-18)27-10-12-28(13-11-27)23(25-16-21-5-2-14-31-21)26-19-4-1-3-17(15-19)22(29)30/h1,3-4,6-9,15,21H,2,5,10-14,16H2,(H,25,26)(H,29,30). The van der Waals surface area contributed by atoms with Gasteiger partial charge in [-0.3, -0.25) is 4.99 Å². The number of carbonyl (C=O) groups is 1. The highest BCUT2D eigenvalue weighted by Crippen LogP contribution is 2.19. The van der Waals surface area contributed by atoms with Gasteiger partial charge in [-0.25, -0.2) is 9.18 Å². The summed E-state index contributed by atoms with van der Waals surface area (Å²) in [7, 11) is 0. The first-order valence-corrected chi connectivity index (χ1v) is 10.6. The number of nitrogens with zero attached hydrogens (tertiary/aromatic N) is 3. The van der Waals surface area contributed by atoms with Crippen LogP contribution in [0.4, 0.5) is 15.8 Å². The lowest BCUT2D eigenvalue weighted by atomic mass is 10.2. The second-order valence-electron chi connectivity index (χ2n) is 7.76. The van der Waals surface area contributed by atoms with Gasteiger partial charge in [0, 0.05) is 44.2 Å². The number of ether oxygens (including phenoxy) is 1. The van der Waals surface area contributed by atoms with Crippen LogP contribution in [0.1, 0.15) is 23.2 Å². The molecule has 8 heteroatoms. The molecular weight excluding hydrogens is 399 g/mol. The lowest BCUT2D eigenvalue weighted by molar-refractivity contribution is 0.0697. The van der Waals surface area contributed by atoms with Crippen molar-refractivity contribution in [1.82, 2.24) is 4.90 Å². The zero-order chi connectivity index (χ0) is 21.6. The maximum absolute atomic E-state index is 13.2. The number of aromatic carboxylic acids is 1. The van der Waals surface area contributed by atoms with Gasteiger partial charge < -0.3 is 25.0 Å². The molecule has 2 aromatic carbocycles. The highest BCUT2D eigenvalue weighted by atomic mass is 19.1. The van der Waals surface area contributed by atoms with E-state index in [-0.39, 0.29) is 17.5 Å². The number of rotatable bonds is 5. The van der Waals surface area contributed by atoms with Crippen molar-refractivity contribution in [1.29, 1.82) is 0 Å². The Morgan fingerprint density at radius 2 is 1.94 bits per heavy atom. The topological polar surface area (TPSA) is 77.4 Å². The summed E-state index contributed by atoms with van der Waals surface area (Å²) in [5, 5.41) is 12.6. The van der Waals surface area contributed by atoms with E-state index in [0.29, 0.717) is 12.2 Å². The van der Waals surface area contributed by atoms with E-state index in [1.807, 2.05) is 6.07 Å². The molecule has 2 aliphatic rings. The number of hydrogen-bond donors (Lipinski definition) is 2. The van der Waals surface area contributed by atoms with Crippen molar-refractivity contribution in [3.8, 4) is 0 Å². The highest BCUT2D eigenvalue weighted by molar-refractivity contribution is 5.96. The van der Waals surface area contributed by atoms with E-state index in [4.69, 9.17) is 9.73 Å². The molecule has 31 heavy (non-hydrogen) atoms. The summed E-state index contributed by atoms with van der Waals surface area (Å²) in [6.07, 6.45) is 2.19. The SMILES string of the molecule is O=C(O)c1cccc(NC(=NCC2CCCO2)N2CCN(c3ccc(F)cc3)CC2)c1. The van der Waals surface area contributed by atoms with Gasteiger partial charge in [0.1, 0.15) is 5.82 Å². The summed E-state index contributed by atoms with van der Waals surface area (Å²) in [6.45, 7) is 4.39. The first-order valence-electron chi connectivity index (χ1n) is 10.6. The summed E-state index contributed by atoms with van der Waals surface area (Å²) < 4.78 is 18.9. The first kappa shape index (κ1) is 21.1. The van der Waals surface area contributed by atoms with Crippen LogP contribution in [0.25, 0.3) is 0 Å². The number of anilines is 2. The van der Waals surface area contributed by atoms with Crippen molar-refractivity contribution in [2.45, 2.75) is 18.9 Å². The predicted octanol–water partition coefficient (Wildman–Crippen LogP) is 3.29. The van der Waals surface area contributed by atoms with E-state index in [1.165, 1.54) is 12.1 Å². The number of carboxylic acid groups (broad SMARTS) is 1. The van der Waals surface area contributed by atoms with Crippen molar-refractivity contribution in [2.24, 2.45) is 4.99 Å². The number of aliphatic imine (C=N–C) groups is 1. The van der Waals surface area contributed by atoms with Crippen LogP contribution in [0.3, 0.4) is 0 Å². The first-order chi connectivity index (χ1) is 15.1. The molecule has 2 fully saturated rings. The van der Waals surface area contributed by atoms with Crippen LogP contribution < -0.4 is 10.2 Å². The van der Waals surface area contributed by atoms with Crippen LogP contribution in [0.2, 0.25) is 0 Å². The maximum atomic E-state index is 13.2. The summed E-state index contributed by atoms with van der Waals surface area (Å²) in [6, 6.07) is 13.3. The normalized spacial score (nSPS) is 19.5. The van der Waals surface area contributed by atoms with E-state index < -0.39 is 5.97 Å². The average molecular weight is 426 g/mol. The highest BCUT2D eigenvalue weighted by Gasteiger charge is 2.22. The van der Waals surface area contributed by atoms with E-state index in [1.54, 1.807) is 30.3 Å². The lowest BCUT2D eigenvalue weighted by Gasteiger charge is -2.38. The largest absolute Gasteiger partial charge is 0.478 e. The van der Waals surface area contributed by atoms with E-state index in [0.717, 1.165) is 57.3 Å². The molecule has 0 radical (unpaired) electrons. The quantitative estimate of drug-likeness (QED) is 0.564. The zero-order valence-corrected chi connectivity index (χ0v) is 17.3. The molecule has 0 aliphatic carbocycles. The molecule has 2 aliphatic heterocycles. The van der Waals surface area contributed by atoms with Gasteiger partial charge in [-0.1, -0.05) is 6.07 Å². The Hall–Kier alpha value is -3.13. The number of piperazine rings is 1. The molecule has 7 nitrogen and oxygen atoms in total. The Bertz CT molecular complexity index is 921. The Morgan fingerprint density at radius 1 is 1.16 bits per heavy atom. The third kappa shape index (κ3) is 5.52. The fourth-order valence-electron chi connectivity index (χ4n) is 3.88. The minimum atomic E-state index is -0.964. The van der Waals surface area contributed by atoms with Crippen LogP contribution >= 0.6 is 0 Å². The van der Waals surface area contributed by atoms with Crippen molar-refractivity contribution in [3.05, 3.63) is 59.9 Å². The predicted molar refractivity (Wildman–Crippen MR) is 118 cm³/mol. The van der Waals surface area contributed by atoms with Crippen LogP contribution in [0, 0.1) is 5.82 Å². The number of carboxylic acids is 1. The lowest BCUT2D eigenvalue weighted by Crippen LogP contribution is -2.51. The molecule has 4 rings (SSSR count). The third-order valence-corrected chi connectivity index (χ3v) is 5.61. The fraction of sp³-hybridized carbons (Fsp3) is 0.391. The zero-order valence-electron chi connectivity index (χ0n) is 17.3. The maximum Gasteiger partial charge on any atom is 0.335 e. The van der Waals surface area contributed by atoms with Crippen molar-refractivity contribution < 1.29 is 19.0 Å². The van der Waals surface area contributed by atoms with E-state index >= 15 is 0 Å². The molecule has 0 bridgehead atoms. The summed E-state index contributed by atoms with van der Waals surface area (Å²) in [5.74, 6) is -0.482. The van der Waals surface area contributed by atoms with E-state index in [2.05, 4.69) is 15.1 Å². The average Bonchev–Trinajstić information content (AvgIpc) is 3.31. The molecule has 2 saturated heterocycles. The van der Waals surface area contributed by atoms with Gasteiger partial charge in [-0.2, -0.15) is 0 Å². The fourth-order valence-corrected chi connectivity index (χ4v) is 3.88. The number of guanidine groups is 1. The second kappa shape index (κ2) is 9.78. The van der Waals surface area contributed by atoms with Crippen LogP contribution in [0.5, 0.6) is 0 Å². The number of halogens is 1. The van der Waals surface area contributed by atoms with Crippen molar-refractivity contribution in [3.63, 3.8) is 0 Å². The molecular formula is C23H27FN4O3. The number of benzene rings is 2. The molecule has 1 atom stereocenters. The van der Waals surface area contributed by atoms with Gasteiger partial charge >= 0.3 is 5.97 Å². The Morgan fingerprint density at radius 3 is 2.61 bits per heavy atom. The Balaban J connectivity index is 1.46. The minimum absolute atomic E-state index is 0.127. The molecule has 0 amide bonds. The Labute approximate surface area is 181 Å². The summed E-state index contributed by atoms with van der Waals surface area (Å²) in [5.41, 5.74) is 1.91. The van der Waals surface area contributed by atoms with Crippen LogP contribution in [-0.2, 0) is 4.74 Å². The van der Waals surface area contributed by atoms with Crippen molar-refractivity contribution >= 4 is 23.3 Å². The van der Waals surface area contributed by atoms with Gasteiger partial charge in [0.15, 0.2) is 5.96 Å².